The number of amides is 2. The highest BCUT2D eigenvalue weighted by molar-refractivity contribution is 5.83. The highest BCUT2D eigenvalue weighted by Crippen LogP contribution is 2.43. The SMILES string of the molecule is CCN(C)C(=O)[C@@H]1CN(C(=O)CC(C)(C)C)C[C@@H]1c1cc(OC)c(OC)c(OC)c1. The van der Waals surface area contributed by atoms with Crippen LogP contribution in [0.3, 0.4) is 0 Å². The topological polar surface area (TPSA) is 68.3 Å². The van der Waals surface area contributed by atoms with Crippen molar-refractivity contribution < 1.29 is 23.8 Å². The Labute approximate surface area is 180 Å². The molecule has 7 heteroatoms. The van der Waals surface area contributed by atoms with Gasteiger partial charge in [-0.25, -0.2) is 0 Å². The molecule has 7 nitrogen and oxygen atoms in total. The maximum atomic E-state index is 13.1. The van der Waals surface area contributed by atoms with E-state index >= 15 is 0 Å². The summed E-state index contributed by atoms with van der Waals surface area (Å²) in [7, 11) is 6.50. The molecule has 1 fully saturated rings. The van der Waals surface area contributed by atoms with E-state index in [1.165, 1.54) is 0 Å². The molecule has 0 saturated carbocycles. The Balaban J connectivity index is 2.45. The van der Waals surface area contributed by atoms with Gasteiger partial charge in [-0.3, -0.25) is 9.59 Å². The Morgan fingerprint density at radius 3 is 2.07 bits per heavy atom. The van der Waals surface area contributed by atoms with Gasteiger partial charge in [0.05, 0.1) is 27.2 Å². The van der Waals surface area contributed by atoms with Crippen LogP contribution in [0.4, 0.5) is 0 Å². The quantitative estimate of drug-likeness (QED) is 0.678. The van der Waals surface area contributed by atoms with Gasteiger partial charge in [0.15, 0.2) is 11.5 Å². The molecular weight excluding hydrogens is 384 g/mol. The van der Waals surface area contributed by atoms with E-state index in [4.69, 9.17) is 14.2 Å². The lowest BCUT2D eigenvalue weighted by Crippen LogP contribution is -2.37. The molecule has 0 aromatic heterocycles. The van der Waals surface area contributed by atoms with Crippen LogP contribution in [0.25, 0.3) is 0 Å². The first kappa shape index (κ1) is 23.8. The number of benzene rings is 1. The number of carbonyl (C=O) groups is 2. The first-order valence-corrected chi connectivity index (χ1v) is 10.4. The molecule has 2 rings (SSSR count). The zero-order chi connectivity index (χ0) is 22.6. The number of methoxy groups -OCH3 is 3. The van der Waals surface area contributed by atoms with Crippen LogP contribution >= 0.6 is 0 Å². The van der Waals surface area contributed by atoms with Gasteiger partial charge in [-0.15, -0.1) is 0 Å². The third-order valence-electron chi connectivity index (χ3n) is 5.64. The highest BCUT2D eigenvalue weighted by Gasteiger charge is 2.42. The van der Waals surface area contributed by atoms with E-state index in [0.29, 0.717) is 43.3 Å². The fourth-order valence-electron chi connectivity index (χ4n) is 3.92. The minimum absolute atomic E-state index is 0.0438. The van der Waals surface area contributed by atoms with E-state index in [9.17, 15) is 9.59 Å². The van der Waals surface area contributed by atoms with E-state index in [0.717, 1.165) is 5.56 Å². The fraction of sp³-hybridized carbons (Fsp3) is 0.652. The molecule has 2 atom stereocenters. The summed E-state index contributed by atoms with van der Waals surface area (Å²) in [6, 6.07) is 3.77. The number of likely N-dealkylation sites (tertiary alicyclic amines) is 1. The van der Waals surface area contributed by atoms with Gasteiger partial charge < -0.3 is 24.0 Å². The van der Waals surface area contributed by atoms with Crippen LogP contribution in [0.15, 0.2) is 12.1 Å². The van der Waals surface area contributed by atoms with Crippen molar-refractivity contribution in [3.63, 3.8) is 0 Å². The van der Waals surface area contributed by atoms with Crippen LogP contribution in [0.5, 0.6) is 17.2 Å². The maximum Gasteiger partial charge on any atom is 0.227 e. The molecule has 1 heterocycles. The van der Waals surface area contributed by atoms with Crippen LogP contribution in [-0.2, 0) is 9.59 Å². The Morgan fingerprint density at radius 1 is 1.07 bits per heavy atom. The molecule has 30 heavy (non-hydrogen) atoms. The van der Waals surface area contributed by atoms with E-state index in [1.54, 1.807) is 33.3 Å². The van der Waals surface area contributed by atoms with Crippen molar-refractivity contribution in [1.29, 1.82) is 0 Å². The minimum atomic E-state index is -0.318. The second-order valence-corrected chi connectivity index (χ2v) is 9.06. The molecule has 0 unspecified atom stereocenters. The van der Waals surface area contributed by atoms with E-state index in [2.05, 4.69) is 0 Å². The van der Waals surface area contributed by atoms with Crippen molar-refractivity contribution in [2.75, 3.05) is 48.0 Å². The average Bonchev–Trinajstić information content (AvgIpc) is 3.15. The summed E-state index contributed by atoms with van der Waals surface area (Å²) >= 11 is 0. The lowest BCUT2D eigenvalue weighted by atomic mass is 9.87. The molecule has 2 amide bonds. The van der Waals surface area contributed by atoms with Gasteiger partial charge >= 0.3 is 0 Å². The molecule has 1 aliphatic heterocycles. The predicted octanol–water partition coefficient (Wildman–Crippen LogP) is 3.17. The smallest absolute Gasteiger partial charge is 0.227 e. The monoisotopic (exact) mass is 420 g/mol. The summed E-state index contributed by atoms with van der Waals surface area (Å²) in [6.07, 6.45) is 0.444. The van der Waals surface area contributed by atoms with Gasteiger partial charge in [-0.1, -0.05) is 20.8 Å². The highest BCUT2D eigenvalue weighted by atomic mass is 16.5. The van der Waals surface area contributed by atoms with Crippen LogP contribution in [0.2, 0.25) is 0 Å². The Bertz CT molecular complexity index is 746. The van der Waals surface area contributed by atoms with E-state index in [1.807, 2.05) is 44.7 Å². The molecule has 1 aliphatic rings. The van der Waals surface area contributed by atoms with E-state index in [-0.39, 0.29) is 29.1 Å². The number of nitrogens with zero attached hydrogens (tertiary/aromatic N) is 2. The first-order valence-electron chi connectivity index (χ1n) is 10.4. The van der Waals surface area contributed by atoms with Gasteiger partial charge in [0.25, 0.3) is 0 Å². The average molecular weight is 421 g/mol. The van der Waals surface area contributed by atoms with Gasteiger partial charge in [0.1, 0.15) is 0 Å². The van der Waals surface area contributed by atoms with Crippen LogP contribution in [0, 0.1) is 11.3 Å². The molecule has 0 aliphatic carbocycles. The van der Waals surface area contributed by atoms with Crippen molar-refractivity contribution >= 4 is 11.8 Å². The van der Waals surface area contributed by atoms with Gasteiger partial charge in [-0.2, -0.15) is 0 Å². The molecular formula is C23H36N2O5. The molecule has 1 aromatic carbocycles. The minimum Gasteiger partial charge on any atom is -0.493 e. The standard InChI is InChI=1S/C23H36N2O5/c1-9-24(5)22(27)17-14-25(20(26)12-23(2,3)4)13-16(17)15-10-18(28-6)21(30-8)19(11-15)29-7/h10-11,16-17H,9,12-14H2,1-8H3/t16-,17-/m1/s1. The third-order valence-corrected chi connectivity index (χ3v) is 5.64. The number of hydrogen-bond acceptors (Lipinski definition) is 5. The Kier molecular flexibility index (Phi) is 7.61. The molecule has 0 N–H and O–H groups in total. The Morgan fingerprint density at radius 2 is 1.63 bits per heavy atom. The normalized spacial score (nSPS) is 18.9. The van der Waals surface area contributed by atoms with Crippen LogP contribution in [0.1, 0.15) is 45.6 Å². The second-order valence-electron chi connectivity index (χ2n) is 9.06. The van der Waals surface area contributed by atoms with Gasteiger partial charge in [0, 0.05) is 39.0 Å². The first-order chi connectivity index (χ1) is 14.1. The zero-order valence-corrected chi connectivity index (χ0v) is 19.6. The fourth-order valence-corrected chi connectivity index (χ4v) is 3.92. The number of carbonyl (C=O) groups excluding carboxylic acids is 2. The predicted molar refractivity (Wildman–Crippen MR) is 116 cm³/mol. The number of rotatable bonds is 7. The summed E-state index contributed by atoms with van der Waals surface area (Å²) in [6.45, 7) is 9.61. The number of hydrogen-bond donors (Lipinski definition) is 0. The van der Waals surface area contributed by atoms with Crippen molar-refractivity contribution in [3.8, 4) is 17.2 Å². The molecule has 1 aromatic rings. The lowest BCUT2D eigenvalue weighted by molar-refractivity contribution is -0.135. The maximum absolute atomic E-state index is 13.1. The third kappa shape index (κ3) is 5.18. The summed E-state index contributed by atoms with van der Waals surface area (Å²) in [5.41, 5.74) is 0.792. The van der Waals surface area contributed by atoms with Crippen molar-refractivity contribution in [2.45, 2.75) is 40.0 Å². The molecule has 168 valence electrons. The van der Waals surface area contributed by atoms with E-state index < -0.39 is 0 Å². The summed E-state index contributed by atoms with van der Waals surface area (Å²) in [5, 5.41) is 0. The van der Waals surface area contributed by atoms with Gasteiger partial charge in [0.2, 0.25) is 17.6 Å². The molecule has 0 bridgehead atoms. The summed E-state index contributed by atoms with van der Waals surface area (Å²) in [4.78, 5) is 29.6. The van der Waals surface area contributed by atoms with Crippen molar-refractivity contribution in [1.82, 2.24) is 9.80 Å². The second kappa shape index (κ2) is 9.58. The molecule has 0 spiro atoms. The van der Waals surface area contributed by atoms with Gasteiger partial charge in [-0.05, 0) is 30.0 Å². The molecule has 0 radical (unpaired) electrons. The van der Waals surface area contributed by atoms with Crippen molar-refractivity contribution in [3.05, 3.63) is 17.7 Å². The summed E-state index contributed by atoms with van der Waals surface area (Å²) in [5.74, 6) is 1.25. The number of ether oxygens (including phenoxy) is 3. The largest absolute Gasteiger partial charge is 0.493 e. The summed E-state index contributed by atoms with van der Waals surface area (Å²) < 4.78 is 16.4. The Hall–Kier alpha value is -2.44. The van der Waals surface area contributed by atoms with Crippen LogP contribution < -0.4 is 14.2 Å². The van der Waals surface area contributed by atoms with Crippen LogP contribution in [-0.4, -0.2) is 69.6 Å². The molecule has 1 saturated heterocycles. The van der Waals surface area contributed by atoms with Crippen molar-refractivity contribution in [2.24, 2.45) is 11.3 Å². The lowest BCUT2D eigenvalue weighted by Gasteiger charge is -2.24. The zero-order valence-electron chi connectivity index (χ0n) is 19.6.